The van der Waals surface area contributed by atoms with Gasteiger partial charge in [0.25, 0.3) is 0 Å². The van der Waals surface area contributed by atoms with E-state index in [1.54, 1.807) is 12.1 Å². The first-order valence-electron chi connectivity index (χ1n) is 5.86. The van der Waals surface area contributed by atoms with E-state index >= 15 is 0 Å². The summed E-state index contributed by atoms with van der Waals surface area (Å²) in [6, 6.07) is 7.39. The summed E-state index contributed by atoms with van der Waals surface area (Å²) in [4.78, 5) is 2.15. The Morgan fingerprint density at radius 3 is 2.82 bits per heavy atom. The molecule has 0 aromatic heterocycles. The summed E-state index contributed by atoms with van der Waals surface area (Å²) < 4.78 is 13.6. The van der Waals surface area contributed by atoms with Crippen LogP contribution in [0.5, 0.6) is 0 Å². The van der Waals surface area contributed by atoms with Crippen LogP contribution in [0.3, 0.4) is 0 Å². The van der Waals surface area contributed by atoms with Crippen molar-refractivity contribution >= 4 is 5.69 Å². The molecule has 4 heteroatoms. The van der Waals surface area contributed by atoms with E-state index < -0.39 is 0 Å². The van der Waals surface area contributed by atoms with Gasteiger partial charge in [0.1, 0.15) is 5.82 Å². The molecule has 1 aliphatic rings. The molecule has 0 spiro atoms. The summed E-state index contributed by atoms with van der Waals surface area (Å²) in [7, 11) is 0. The number of nitrogens with two attached hydrogens (primary N) is 1. The van der Waals surface area contributed by atoms with Gasteiger partial charge in [0, 0.05) is 36.8 Å². The van der Waals surface area contributed by atoms with Gasteiger partial charge in [-0.15, -0.1) is 0 Å². The Balaban J connectivity index is 2.09. The fraction of sp³-hybridized carbons (Fsp3) is 0.462. The average Bonchev–Trinajstić information content (AvgIpc) is 3.12. The molecule has 0 saturated heterocycles. The standard InChI is InChI=1S/C13H16FN3/c14-12-3-1-4-13(16)11(12)9-17(8-2-7-15)10-5-6-10/h1,3-4,10H,2,5-6,8-9,16H2. The molecule has 0 atom stereocenters. The highest BCUT2D eigenvalue weighted by molar-refractivity contribution is 5.47. The van der Waals surface area contributed by atoms with Crippen molar-refractivity contribution in [3.05, 3.63) is 29.6 Å². The molecule has 1 aromatic carbocycles. The summed E-state index contributed by atoms with van der Waals surface area (Å²) in [6.07, 6.45) is 2.75. The zero-order valence-corrected chi connectivity index (χ0v) is 9.69. The first-order chi connectivity index (χ1) is 8.22. The number of hydrogen-bond acceptors (Lipinski definition) is 3. The maximum atomic E-state index is 13.6. The lowest BCUT2D eigenvalue weighted by molar-refractivity contribution is 0.257. The Kier molecular flexibility index (Phi) is 3.60. The number of rotatable bonds is 5. The Morgan fingerprint density at radius 1 is 1.47 bits per heavy atom. The maximum absolute atomic E-state index is 13.6. The van der Waals surface area contributed by atoms with Gasteiger partial charge in [0.15, 0.2) is 0 Å². The molecule has 17 heavy (non-hydrogen) atoms. The second kappa shape index (κ2) is 5.15. The predicted molar refractivity (Wildman–Crippen MR) is 64.5 cm³/mol. The SMILES string of the molecule is N#CCCN(Cc1c(N)cccc1F)C1CC1. The van der Waals surface area contributed by atoms with Crippen molar-refractivity contribution in [2.75, 3.05) is 12.3 Å². The smallest absolute Gasteiger partial charge is 0.129 e. The van der Waals surface area contributed by atoms with E-state index in [0.29, 0.717) is 36.8 Å². The van der Waals surface area contributed by atoms with Gasteiger partial charge in [0.2, 0.25) is 0 Å². The van der Waals surface area contributed by atoms with Gasteiger partial charge in [-0.3, -0.25) is 4.90 Å². The van der Waals surface area contributed by atoms with Crippen molar-refractivity contribution in [3.8, 4) is 6.07 Å². The fourth-order valence-corrected chi connectivity index (χ4v) is 1.97. The van der Waals surface area contributed by atoms with E-state index in [9.17, 15) is 4.39 Å². The molecule has 1 aromatic rings. The molecular formula is C13H16FN3. The van der Waals surface area contributed by atoms with E-state index in [2.05, 4.69) is 11.0 Å². The average molecular weight is 233 g/mol. The highest BCUT2D eigenvalue weighted by Gasteiger charge is 2.29. The van der Waals surface area contributed by atoms with Gasteiger partial charge in [-0.1, -0.05) is 6.07 Å². The summed E-state index contributed by atoms with van der Waals surface area (Å²) in [6.45, 7) is 1.19. The van der Waals surface area contributed by atoms with E-state index in [4.69, 9.17) is 11.0 Å². The third kappa shape index (κ3) is 2.95. The van der Waals surface area contributed by atoms with Gasteiger partial charge in [-0.2, -0.15) is 5.26 Å². The zero-order valence-electron chi connectivity index (χ0n) is 9.69. The van der Waals surface area contributed by atoms with Crippen LogP contribution in [-0.4, -0.2) is 17.5 Å². The fourth-order valence-electron chi connectivity index (χ4n) is 1.97. The molecular weight excluding hydrogens is 217 g/mol. The quantitative estimate of drug-likeness (QED) is 0.794. The third-order valence-corrected chi connectivity index (χ3v) is 3.09. The predicted octanol–water partition coefficient (Wildman–Crippen LogP) is 2.29. The van der Waals surface area contributed by atoms with Crippen LogP contribution < -0.4 is 5.73 Å². The monoisotopic (exact) mass is 233 g/mol. The van der Waals surface area contributed by atoms with Gasteiger partial charge >= 0.3 is 0 Å². The number of anilines is 1. The largest absolute Gasteiger partial charge is 0.398 e. The summed E-state index contributed by atoms with van der Waals surface area (Å²) in [5, 5.41) is 8.62. The topological polar surface area (TPSA) is 53.0 Å². The number of nitrogens with zero attached hydrogens (tertiary/aromatic N) is 2. The van der Waals surface area contributed by atoms with E-state index in [0.717, 1.165) is 12.8 Å². The molecule has 0 bridgehead atoms. The minimum absolute atomic E-state index is 0.257. The van der Waals surface area contributed by atoms with Crippen molar-refractivity contribution in [2.24, 2.45) is 0 Å². The molecule has 0 heterocycles. The van der Waals surface area contributed by atoms with Crippen molar-refractivity contribution in [2.45, 2.75) is 31.8 Å². The number of nitrogen functional groups attached to an aromatic ring is 1. The Morgan fingerprint density at radius 2 is 2.24 bits per heavy atom. The lowest BCUT2D eigenvalue weighted by Crippen LogP contribution is -2.27. The number of halogens is 1. The molecule has 1 saturated carbocycles. The van der Waals surface area contributed by atoms with Crippen molar-refractivity contribution in [1.82, 2.24) is 4.90 Å². The zero-order chi connectivity index (χ0) is 12.3. The van der Waals surface area contributed by atoms with Crippen molar-refractivity contribution < 1.29 is 4.39 Å². The first kappa shape index (κ1) is 11.9. The summed E-state index contributed by atoms with van der Waals surface area (Å²) >= 11 is 0. The molecule has 0 unspecified atom stereocenters. The van der Waals surface area contributed by atoms with Gasteiger partial charge in [-0.25, -0.2) is 4.39 Å². The van der Waals surface area contributed by atoms with Crippen LogP contribution in [0, 0.1) is 17.1 Å². The van der Waals surface area contributed by atoms with Gasteiger partial charge in [0.05, 0.1) is 6.07 Å². The molecule has 3 nitrogen and oxygen atoms in total. The van der Waals surface area contributed by atoms with Crippen molar-refractivity contribution in [1.29, 1.82) is 5.26 Å². The van der Waals surface area contributed by atoms with Crippen LogP contribution in [0.2, 0.25) is 0 Å². The maximum Gasteiger partial charge on any atom is 0.129 e. The summed E-state index contributed by atoms with van der Waals surface area (Å²) in [5.74, 6) is -0.257. The molecule has 1 aliphatic carbocycles. The summed E-state index contributed by atoms with van der Waals surface area (Å²) in [5.41, 5.74) is 6.83. The van der Waals surface area contributed by atoms with Gasteiger partial charge in [-0.05, 0) is 25.0 Å². The highest BCUT2D eigenvalue weighted by atomic mass is 19.1. The minimum Gasteiger partial charge on any atom is -0.398 e. The second-order valence-electron chi connectivity index (χ2n) is 4.42. The molecule has 2 rings (SSSR count). The normalized spacial score (nSPS) is 14.9. The van der Waals surface area contributed by atoms with Gasteiger partial charge < -0.3 is 5.73 Å². The molecule has 0 amide bonds. The van der Waals surface area contributed by atoms with Crippen LogP contribution in [0.4, 0.5) is 10.1 Å². The van der Waals surface area contributed by atoms with Crippen LogP contribution in [0.25, 0.3) is 0 Å². The van der Waals surface area contributed by atoms with Crippen molar-refractivity contribution in [3.63, 3.8) is 0 Å². The first-order valence-corrected chi connectivity index (χ1v) is 5.86. The molecule has 90 valence electrons. The Labute approximate surface area is 101 Å². The van der Waals surface area contributed by atoms with Crippen LogP contribution >= 0.6 is 0 Å². The highest BCUT2D eigenvalue weighted by Crippen LogP contribution is 2.30. The van der Waals surface area contributed by atoms with Crippen LogP contribution in [0.15, 0.2) is 18.2 Å². The lowest BCUT2D eigenvalue weighted by atomic mass is 10.1. The van der Waals surface area contributed by atoms with Crippen LogP contribution in [-0.2, 0) is 6.54 Å². The van der Waals surface area contributed by atoms with Crippen LogP contribution in [0.1, 0.15) is 24.8 Å². The Hall–Kier alpha value is -1.60. The van der Waals surface area contributed by atoms with E-state index in [1.165, 1.54) is 6.07 Å². The molecule has 1 fully saturated rings. The molecule has 0 aliphatic heterocycles. The Bertz CT molecular complexity index is 415. The lowest BCUT2D eigenvalue weighted by Gasteiger charge is -2.21. The second-order valence-corrected chi connectivity index (χ2v) is 4.42. The number of benzene rings is 1. The third-order valence-electron chi connectivity index (χ3n) is 3.09. The van der Waals surface area contributed by atoms with E-state index in [-0.39, 0.29) is 5.82 Å². The molecule has 2 N–H and O–H groups in total. The number of hydrogen-bond donors (Lipinski definition) is 1. The minimum atomic E-state index is -0.257. The number of nitriles is 1. The molecule has 0 radical (unpaired) electrons. The van der Waals surface area contributed by atoms with E-state index in [1.807, 2.05) is 0 Å².